The lowest BCUT2D eigenvalue weighted by Gasteiger charge is -2.43. The van der Waals surface area contributed by atoms with Gasteiger partial charge in [-0.25, -0.2) is 4.57 Å². The highest BCUT2D eigenvalue weighted by atomic mass is 31.2. The van der Waals surface area contributed by atoms with Crippen LogP contribution in [0.4, 0.5) is 0 Å². The molecule has 1 amide bonds. The molecule has 0 aliphatic carbocycles. The van der Waals surface area contributed by atoms with Gasteiger partial charge in [-0.3, -0.25) is 23.7 Å². The highest BCUT2D eigenvalue weighted by Gasteiger charge is 2.51. The smallest absolute Gasteiger partial charge is 0.462 e. The molecule has 1 saturated heterocycles. The van der Waals surface area contributed by atoms with Gasteiger partial charge in [0.15, 0.2) is 12.4 Å². The average Bonchev–Trinajstić information content (AvgIpc) is 3.44. The molecule has 1 rings (SSSR count). The summed E-state index contributed by atoms with van der Waals surface area (Å²) in [6.45, 7) is 7.88. The number of aliphatic hydroxyl groups is 3. The molecule has 0 spiro atoms. The van der Waals surface area contributed by atoms with Gasteiger partial charge < -0.3 is 49.4 Å². The lowest BCUT2D eigenvalue weighted by Crippen LogP contribution is -2.65. The number of hydrogen-bond donors (Lipinski definition) is 6. The third-order valence-corrected chi connectivity index (χ3v) is 15.9. The molecule has 1 fully saturated rings. The standard InChI is InChI=1S/C62H118NO15P/c1-5-9-13-17-21-25-26-30-34-38-42-46-56(67)74-53(45-41-37-33-29-24-20-16-12-8-4)49-58(69)77-61-59(62(70)76-54(50-64)60(61)78-79(71,72)73)63-55(66)48-52(44-40-36-32-28-23-19-15-11-7-3)75-57(68)47-51(65)43-39-35-31-27-22-18-14-10-6-2/h51-54,59-62,64-65,70H,5-50H2,1-4H3,(H,63,66)(H2,71,72,73)/t51-,52+,53+,54+,59+,60+,61+,62?/m0/s1. The Morgan fingerprint density at radius 3 is 1.25 bits per heavy atom. The predicted octanol–water partition coefficient (Wildman–Crippen LogP) is 14.4. The maximum absolute atomic E-state index is 14.0. The number of carbonyl (C=O) groups excluding carboxylic acids is 4. The SMILES string of the molecule is CCCCCCCCCCCCCC(=O)O[C@H](CCCCCCCCCCC)CC(=O)O[C@H]1[C@H](OP(=O)(O)O)[C@@H](CO)OC(O)[C@@H]1NC(=O)C[C@@H](CCCCCCCCCCC)OC(=O)C[C@@H](O)CCCCCCCCCCC. The summed E-state index contributed by atoms with van der Waals surface area (Å²) >= 11 is 0. The first-order valence-corrected chi connectivity index (χ1v) is 33.9. The molecular weight excluding hydrogens is 1030 g/mol. The molecule has 466 valence electrons. The minimum absolute atomic E-state index is 0.187. The van der Waals surface area contributed by atoms with Gasteiger partial charge >= 0.3 is 25.7 Å². The van der Waals surface area contributed by atoms with E-state index in [0.717, 1.165) is 96.3 Å². The second-order valence-electron chi connectivity index (χ2n) is 23.0. The topological polar surface area (TPSA) is 245 Å². The van der Waals surface area contributed by atoms with Gasteiger partial charge in [0, 0.05) is 6.42 Å². The number of nitrogens with one attached hydrogen (secondary N) is 1. The first-order chi connectivity index (χ1) is 38.2. The van der Waals surface area contributed by atoms with Crippen LogP contribution in [-0.4, -0.2) is 104 Å². The molecule has 1 aliphatic heterocycles. The molecular formula is C62H118NO15P. The molecule has 17 heteroatoms. The van der Waals surface area contributed by atoms with Crippen LogP contribution < -0.4 is 5.32 Å². The highest BCUT2D eigenvalue weighted by Crippen LogP contribution is 2.42. The Hall–Kier alpha value is -2.17. The summed E-state index contributed by atoms with van der Waals surface area (Å²) < 4.78 is 40.7. The normalized spacial score (nSPS) is 18.7. The van der Waals surface area contributed by atoms with Gasteiger partial charge in [0.2, 0.25) is 5.91 Å². The highest BCUT2D eigenvalue weighted by molar-refractivity contribution is 7.46. The molecule has 0 bridgehead atoms. The van der Waals surface area contributed by atoms with Crippen molar-refractivity contribution in [3.05, 3.63) is 0 Å². The summed E-state index contributed by atoms with van der Waals surface area (Å²) in [6.07, 6.45) is 31.8. The number of rotatable bonds is 55. The summed E-state index contributed by atoms with van der Waals surface area (Å²) in [7, 11) is -5.37. The van der Waals surface area contributed by atoms with E-state index in [-0.39, 0.29) is 19.3 Å². The fourth-order valence-corrected chi connectivity index (χ4v) is 11.2. The zero-order valence-corrected chi connectivity index (χ0v) is 51.3. The van der Waals surface area contributed by atoms with E-state index in [1.807, 2.05) is 0 Å². The molecule has 0 aromatic carbocycles. The number of aliphatic hydroxyl groups excluding tert-OH is 3. The van der Waals surface area contributed by atoms with E-state index in [1.165, 1.54) is 128 Å². The molecule has 0 aromatic rings. The molecule has 16 nitrogen and oxygen atoms in total. The molecule has 1 unspecified atom stereocenters. The Morgan fingerprint density at radius 1 is 0.481 bits per heavy atom. The van der Waals surface area contributed by atoms with Crippen LogP contribution in [0.3, 0.4) is 0 Å². The Balaban J connectivity index is 3.19. The second-order valence-corrected chi connectivity index (χ2v) is 24.2. The van der Waals surface area contributed by atoms with E-state index in [9.17, 15) is 48.8 Å². The van der Waals surface area contributed by atoms with Gasteiger partial charge in [0.05, 0.1) is 32.0 Å². The minimum atomic E-state index is -5.37. The minimum Gasteiger partial charge on any atom is -0.462 e. The van der Waals surface area contributed by atoms with E-state index in [0.29, 0.717) is 38.5 Å². The molecule has 1 heterocycles. The van der Waals surface area contributed by atoms with Crippen molar-refractivity contribution in [3.63, 3.8) is 0 Å². The largest absolute Gasteiger partial charge is 0.470 e. The van der Waals surface area contributed by atoms with Gasteiger partial charge in [0.1, 0.15) is 30.5 Å². The number of unbranched alkanes of at least 4 members (excludes halogenated alkanes) is 34. The van der Waals surface area contributed by atoms with Crippen LogP contribution in [0.25, 0.3) is 0 Å². The fourth-order valence-electron chi connectivity index (χ4n) is 10.7. The van der Waals surface area contributed by atoms with Gasteiger partial charge in [-0.1, -0.05) is 252 Å². The first-order valence-electron chi connectivity index (χ1n) is 32.4. The molecule has 1 aliphatic rings. The number of carbonyl (C=O) groups is 4. The summed E-state index contributed by atoms with van der Waals surface area (Å²) in [5, 5.41) is 35.0. The zero-order valence-electron chi connectivity index (χ0n) is 50.4. The van der Waals surface area contributed by atoms with Crippen LogP contribution in [0.5, 0.6) is 0 Å². The quantitative estimate of drug-likeness (QED) is 0.0144. The number of ether oxygens (including phenoxy) is 4. The molecule has 8 atom stereocenters. The van der Waals surface area contributed by atoms with E-state index in [2.05, 4.69) is 33.0 Å². The first kappa shape index (κ1) is 74.8. The van der Waals surface area contributed by atoms with Crippen LogP contribution in [0, 0.1) is 0 Å². The van der Waals surface area contributed by atoms with Crippen LogP contribution >= 0.6 is 7.82 Å². The van der Waals surface area contributed by atoms with Gasteiger partial charge in [-0.2, -0.15) is 0 Å². The van der Waals surface area contributed by atoms with E-state index in [1.54, 1.807) is 0 Å². The summed E-state index contributed by atoms with van der Waals surface area (Å²) in [5.41, 5.74) is 0. The van der Waals surface area contributed by atoms with Crippen LogP contribution in [0.15, 0.2) is 0 Å². The Bertz CT molecular complexity index is 1530. The molecule has 0 radical (unpaired) electrons. The maximum Gasteiger partial charge on any atom is 0.470 e. The van der Waals surface area contributed by atoms with Crippen LogP contribution in [-0.2, 0) is 47.2 Å². The second kappa shape index (κ2) is 50.4. The van der Waals surface area contributed by atoms with Crippen molar-refractivity contribution in [2.75, 3.05) is 6.61 Å². The predicted molar refractivity (Wildman–Crippen MR) is 313 cm³/mol. The maximum atomic E-state index is 14.0. The van der Waals surface area contributed by atoms with Gasteiger partial charge in [-0.15, -0.1) is 0 Å². The van der Waals surface area contributed by atoms with Gasteiger partial charge in [0.25, 0.3) is 0 Å². The summed E-state index contributed by atoms with van der Waals surface area (Å²) in [5.74, 6) is -2.79. The number of esters is 3. The molecule has 0 saturated carbocycles. The van der Waals surface area contributed by atoms with Crippen molar-refractivity contribution in [3.8, 4) is 0 Å². The number of phosphoric acid groups is 1. The monoisotopic (exact) mass is 1150 g/mol. The van der Waals surface area contributed by atoms with E-state index in [4.69, 9.17) is 23.5 Å². The lowest BCUT2D eigenvalue weighted by molar-refractivity contribution is -0.256. The van der Waals surface area contributed by atoms with Crippen molar-refractivity contribution in [1.82, 2.24) is 5.32 Å². The number of amides is 1. The van der Waals surface area contributed by atoms with Crippen molar-refractivity contribution in [2.45, 2.75) is 366 Å². The fraction of sp³-hybridized carbons (Fsp3) is 0.935. The molecule has 0 aromatic heterocycles. The Kier molecular flexibility index (Phi) is 47.7. The Labute approximate surface area is 479 Å². The summed E-state index contributed by atoms with van der Waals surface area (Å²) in [6, 6.07) is -1.67. The summed E-state index contributed by atoms with van der Waals surface area (Å²) in [4.78, 5) is 74.6. The third-order valence-electron chi connectivity index (χ3n) is 15.4. The lowest BCUT2D eigenvalue weighted by atomic mass is 9.96. The van der Waals surface area contributed by atoms with Gasteiger partial charge in [-0.05, 0) is 38.5 Å². The van der Waals surface area contributed by atoms with Crippen molar-refractivity contribution < 1.29 is 72.3 Å². The number of phosphoric ester groups is 1. The van der Waals surface area contributed by atoms with Crippen molar-refractivity contribution >= 4 is 31.6 Å². The molecule has 6 N–H and O–H groups in total. The Morgan fingerprint density at radius 2 is 0.848 bits per heavy atom. The van der Waals surface area contributed by atoms with Crippen LogP contribution in [0.1, 0.15) is 317 Å². The van der Waals surface area contributed by atoms with E-state index < -0.39 is 93.6 Å². The zero-order chi connectivity index (χ0) is 58.2. The third kappa shape index (κ3) is 42.3. The van der Waals surface area contributed by atoms with Crippen LogP contribution in [0.2, 0.25) is 0 Å². The number of hydrogen-bond acceptors (Lipinski definition) is 13. The molecule has 79 heavy (non-hydrogen) atoms. The van der Waals surface area contributed by atoms with E-state index >= 15 is 0 Å². The average molecular weight is 1150 g/mol. The van der Waals surface area contributed by atoms with Crippen molar-refractivity contribution in [1.29, 1.82) is 0 Å². The van der Waals surface area contributed by atoms with Crippen molar-refractivity contribution in [2.24, 2.45) is 0 Å².